The van der Waals surface area contributed by atoms with Crippen LogP contribution in [0.15, 0.2) is 30.3 Å². The van der Waals surface area contributed by atoms with Crippen LogP contribution in [0.2, 0.25) is 0 Å². The van der Waals surface area contributed by atoms with Crippen LogP contribution in [0.25, 0.3) is 0 Å². The number of urea groups is 1. The Balaban J connectivity index is 2.17. The molecule has 0 saturated heterocycles. The van der Waals surface area contributed by atoms with E-state index in [9.17, 15) is 35.9 Å². The number of hydrogen-bond donors (Lipinski definition) is 1. The van der Waals surface area contributed by atoms with Crippen LogP contribution in [0.5, 0.6) is 11.5 Å². The summed E-state index contributed by atoms with van der Waals surface area (Å²) in [5, 5.41) is 0. The zero-order valence-electron chi connectivity index (χ0n) is 21.4. The first-order chi connectivity index (χ1) is 18.1. The van der Waals surface area contributed by atoms with Gasteiger partial charge in [0.15, 0.2) is 11.5 Å². The molecular weight excluding hydrogens is 536 g/mol. The van der Waals surface area contributed by atoms with Gasteiger partial charge in [0.1, 0.15) is 0 Å². The van der Waals surface area contributed by atoms with Crippen LogP contribution < -0.4 is 20.1 Å². The lowest BCUT2D eigenvalue weighted by molar-refractivity contribution is -0.143. The van der Waals surface area contributed by atoms with Gasteiger partial charge in [0.2, 0.25) is 0 Å². The highest BCUT2D eigenvalue weighted by molar-refractivity contribution is 5.91. The fourth-order valence-corrected chi connectivity index (χ4v) is 4.57. The van der Waals surface area contributed by atoms with Crippen molar-refractivity contribution in [1.29, 1.82) is 0 Å². The van der Waals surface area contributed by atoms with E-state index in [4.69, 9.17) is 19.9 Å². The minimum absolute atomic E-state index is 0.00442. The number of rotatable bonds is 6. The molecular formula is C25H27F6N3O5. The summed E-state index contributed by atoms with van der Waals surface area (Å²) in [5.74, 6) is 0.444. The van der Waals surface area contributed by atoms with Crippen LogP contribution in [0.1, 0.15) is 48.6 Å². The van der Waals surface area contributed by atoms with Gasteiger partial charge in [-0.2, -0.15) is 26.3 Å². The summed E-state index contributed by atoms with van der Waals surface area (Å²) in [6.45, 7) is 2.66. The molecule has 0 saturated carbocycles. The predicted molar refractivity (Wildman–Crippen MR) is 127 cm³/mol. The summed E-state index contributed by atoms with van der Waals surface area (Å²) >= 11 is 0. The predicted octanol–water partition coefficient (Wildman–Crippen LogP) is 6.12. The highest BCUT2D eigenvalue weighted by Gasteiger charge is 2.41. The molecule has 1 aliphatic heterocycles. The van der Waals surface area contributed by atoms with E-state index in [0.29, 0.717) is 17.7 Å². The second kappa shape index (κ2) is 11.1. The van der Waals surface area contributed by atoms with Gasteiger partial charge in [0, 0.05) is 24.2 Å². The van der Waals surface area contributed by atoms with E-state index in [0.717, 1.165) is 4.90 Å². The summed E-state index contributed by atoms with van der Waals surface area (Å²) in [5.41, 5.74) is 2.70. The number of fused-ring (bicyclic) bond motifs is 1. The minimum atomic E-state index is -5.07. The molecule has 0 aromatic heterocycles. The molecule has 2 aromatic rings. The molecule has 14 heteroatoms. The maximum absolute atomic E-state index is 13.4. The van der Waals surface area contributed by atoms with Crippen LogP contribution >= 0.6 is 0 Å². The van der Waals surface area contributed by atoms with Crippen molar-refractivity contribution >= 4 is 17.8 Å². The van der Waals surface area contributed by atoms with Gasteiger partial charge in [0.25, 0.3) is 0 Å². The maximum Gasteiger partial charge on any atom is 0.416 e. The van der Waals surface area contributed by atoms with Crippen LogP contribution in [0, 0.1) is 0 Å². The highest BCUT2D eigenvalue weighted by atomic mass is 19.4. The molecule has 0 bridgehead atoms. The molecule has 0 radical (unpaired) electrons. The number of methoxy groups -OCH3 is 2. The van der Waals surface area contributed by atoms with Crippen molar-refractivity contribution < 1.29 is 50.1 Å². The number of primary amides is 1. The van der Waals surface area contributed by atoms with Crippen molar-refractivity contribution in [2.45, 2.75) is 51.2 Å². The Morgan fingerprint density at radius 3 is 1.97 bits per heavy atom. The van der Waals surface area contributed by atoms with E-state index in [1.165, 1.54) is 31.3 Å². The smallest absolute Gasteiger partial charge is 0.416 e. The van der Waals surface area contributed by atoms with Crippen LogP contribution in [0.3, 0.4) is 0 Å². The lowest BCUT2D eigenvalue weighted by atomic mass is 9.90. The van der Waals surface area contributed by atoms with E-state index < -0.39 is 59.8 Å². The Hall–Kier alpha value is -3.84. The summed E-state index contributed by atoms with van der Waals surface area (Å²) in [7, 11) is 2.71. The average molecular weight is 563 g/mol. The van der Waals surface area contributed by atoms with E-state index in [1.807, 2.05) is 0 Å². The Labute approximate surface area is 220 Å². The Morgan fingerprint density at radius 1 is 0.974 bits per heavy atom. The first kappa shape index (κ1) is 29.7. The van der Waals surface area contributed by atoms with Gasteiger partial charge in [-0.1, -0.05) is 0 Å². The van der Waals surface area contributed by atoms with Crippen molar-refractivity contribution in [3.63, 3.8) is 0 Å². The number of hydrogen-bond acceptors (Lipinski definition) is 5. The fraction of sp³-hybridized carbons (Fsp3) is 0.440. The van der Waals surface area contributed by atoms with Gasteiger partial charge in [0.05, 0.1) is 43.7 Å². The van der Waals surface area contributed by atoms with E-state index in [1.54, 1.807) is 13.8 Å². The Morgan fingerprint density at radius 2 is 1.51 bits per heavy atom. The summed E-state index contributed by atoms with van der Waals surface area (Å²) in [4.78, 5) is 27.7. The molecule has 3 rings (SSSR count). The summed E-state index contributed by atoms with van der Waals surface area (Å²) in [6.07, 6.45) is -10.8. The van der Waals surface area contributed by atoms with Crippen molar-refractivity contribution in [3.8, 4) is 11.5 Å². The molecule has 1 aliphatic rings. The number of nitrogens with zero attached hydrogens (tertiary/aromatic N) is 2. The van der Waals surface area contributed by atoms with Gasteiger partial charge in [-0.05, 0) is 50.1 Å². The number of benzene rings is 2. The van der Waals surface area contributed by atoms with Crippen LogP contribution in [-0.4, -0.2) is 43.9 Å². The molecule has 0 aliphatic carbocycles. The minimum Gasteiger partial charge on any atom is -0.493 e. The molecule has 39 heavy (non-hydrogen) atoms. The summed E-state index contributed by atoms with van der Waals surface area (Å²) in [6, 6.07) is 1.36. The zero-order valence-corrected chi connectivity index (χ0v) is 21.4. The van der Waals surface area contributed by atoms with Crippen molar-refractivity contribution in [2.24, 2.45) is 5.73 Å². The van der Waals surface area contributed by atoms with Crippen molar-refractivity contribution in [3.05, 3.63) is 52.6 Å². The molecule has 2 N–H and O–H groups in total. The number of amides is 3. The quantitative estimate of drug-likeness (QED) is 0.428. The molecule has 214 valence electrons. The number of ether oxygens (including phenoxy) is 3. The SMILES string of the molecule is CCOC(=O)N1c2cc(OC)c(OC)cc2[C@@H](N(Cc2cc(C(F)(F)F)cc(C(F)(F)F)c2)C(N)=O)C[C@H]1C. The number of halogens is 6. The second-order valence-corrected chi connectivity index (χ2v) is 8.82. The molecule has 1 heterocycles. The molecule has 3 amide bonds. The van der Waals surface area contributed by atoms with Gasteiger partial charge in [-0.3, -0.25) is 4.90 Å². The normalized spacial score (nSPS) is 17.3. The molecule has 2 atom stereocenters. The number of anilines is 1. The largest absolute Gasteiger partial charge is 0.493 e. The van der Waals surface area contributed by atoms with Gasteiger partial charge >= 0.3 is 24.5 Å². The topological polar surface area (TPSA) is 94.3 Å². The molecule has 0 unspecified atom stereocenters. The Kier molecular flexibility index (Phi) is 8.46. The Bertz CT molecular complexity index is 1200. The van der Waals surface area contributed by atoms with Crippen LogP contribution in [-0.2, 0) is 23.6 Å². The second-order valence-electron chi connectivity index (χ2n) is 8.82. The summed E-state index contributed by atoms with van der Waals surface area (Å²) < 4.78 is 96.4. The average Bonchev–Trinajstić information content (AvgIpc) is 2.84. The lowest BCUT2D eigenvalue weighted by Crippen LogP contribution is -2.48. The molecule has 0 spiro atoms. The first-order valence-electron chi connectivity index (χ1n) is 11.7. The van der Waals surface area contributed by atoms with Gasteiger partial charge in [-0.25, -0.2) is 9.59 Å². The highest BCUT2D eigenvalue weighted by Crippen LogP contribution is 2.46. The lowest BCUT2D eigenvalue weighted by Gasteiger charge is -2.42. The third kappa shape index (κ3) is 6.25. The number of alkyl halides is 6. The number of carbonyl (C=O) groups is 2. The number of carbonyl (C=O) groups excluding carboxylic acids is 2. The maximum atomic E-state index is 13.4. The van der Waals surface area contributed by atoms with E-state index >= 15 is 0 Å². The third-order valence-electron chi connectivity index (χ3n) is 6.28. The molecule has 0 fully saturated rings. The fourth-order valence-electron chi connectivity index (χ4n) is 4.57. The van der Waals surface area contributed by atoms with Gasteiger partial charge in [-0.15, -0.1) is 0 Å². The van der Waals surface area contributed by atoms with Crippen molar-refractivity contribution in [2.75, 3.05) is 25.7 Å². The zero-order chi connectivity index (χ0) is 29.3. The monoisotopic (exact) mass is 563 g/mol. The van der Waals surface area contributed by atoms with E-state index in [-0.39, 0.29) is 36.3 Å². The van der Waals surface area contributed by atoms with Gasteiger partial charge < -0.3 is 24.8 Å². The standard InChI is InChI=1S/C25H27F6N3O5/c1-5-39-23(36)34-13(2)6-18(17-10-20(37-3)21(38-4)11-19(17)34)33(22(32)35)12-14-7-15(24(26,27)28)9-16(8-14)25(29,30)31/h7-11,13,18H,5-6,12H2,1-4H3,(H2,32,35)/t13-,18+/m1/s1. The number of nitrogens with two attached hydrogens (primary N) is 1. The van der Waals surface area contributed by atoms with Crippen molar-refractivity contribution in [1.82, 2.24) is 4.90 Å². The van der Waals surface area contributed by atoms with E-state index in [2.05, 4.69) is 0 Å². The first-order valence-corrected chi connectivity index (χ1v) is 11.7. The van der Waals surface area contributed by atoms with Crippen LogP contribution in [0.4, 0.5) is 41.6 Å². The third-order valence-corrected chi connectivity index (χ3v) is 6.28. The molecule has 8 nitrogen and oxygen atoms in total. The molecule has 2 aromatic carbocycles.